The summed E-state index contributed by atoms with van der Waals surface area (Å²) in [6.07, 6.45) is 5.84. The third-order valence-corrected chi connectivity index (χ3v) is 3.58. The van der Waals surface area contributed by atoms with E-state index in [2.05, 4.69) is 29.3 Å². The summed E-state index contributed by atoms with van der Waals surface area (Å²) in [4.78, 5) is 5.31. The fourth-order valence-corrected chi connectivity index (χ4v) is 2.62. The number of nitrogens with zero attached hydrogens (tertiary/aromatic N) is 1. The monoisotopic (exact) mass is 251 g/mol. The molecule has 0 aliphatic carbocycles. The van der Waals surface area contributed by atoms with Gasteiger partial charge >= 0.3 is 0 Å². The van der Waals surface area contributed by atoms with Gasteiger partial charge in [-0.1, -0.05) is 23.8 Å². The van der Waals surface area contributed by atoms with Gasteiger partial charge in [-0.25, -0.2) is 0 Å². The first kappa shape index (κ1) is 13.5. The maximum Gasteiger partial charge on any atom is 0.0652 e. The molecule has 0 aromatic rings. The van der Waals surface area contributed by atoms with Crippen molar-refractivity contribution in [1.82, 2.24) is 0 Å². The highest BCUT2D eigenvalue weighted by molar-refractivity contribution is 9.06. The Morgan fingerprint density at radius 3 is 2.69 bits per heavy atom. The highest BCUT2D eigenvalue weighted by atomic mass is 33.5. The van der Waals surface area contributed by atoms with Crippen molar-refractivity contribution in [3.05, 3.63) is 22.5 Å². The first-order valence-corrected chi connectivity index (χ1v) is 7.45. The third kappa shape index (κ3) is 7.61. The Morgan fingerprint density at radius 2 is 2.23 bits per heavy atom. The summed E-state index contributed by atoms with van der Waals surface area (Å²) in [7, 11) is 2.91. The van der Waals surface area contributed by atoms with Crippen LogP contribution in [-0.4, -0.2) is 12.3 Å². The van der Waals surface area contributed by atoms with Crippen molar-refractivity contribution in [2.45, 2.75) is 19.9 Å². The lowest BCUT2D eigenvalue weighted by Gasteiger charge is -1.98. The molecule has 0 aromatic carbocycles. The smallest absolute Gasteiger partial charge is 0.0652 e. The fourth-order valence-electron chi connectivity index (χ4n) is 0.639. The number of rotatable bonds is 5. The topological polar surface area (TPSA) is 12.4 Å². The van der Waals surface area contributed by atoms with Gasteiger partial charge in [0.25, 0.3) is 0 Å². The van der Waals surface area contributed by atoms with Crippen LogP contribution < -0.4 is 0 Å². The van der Waals surface area contributed by atoms with Crippen LogP contribution in [0.25, 0.3) is 0 Å². The normalized spacial score (nSPS) is 15.8. The highest BCUT2D eigenvalue weighted by Crippen LogP contribution is 2.31. The molecule has 1 nitrogen and oxygen atoms in total. The lowest BCUT2D eigenvalue weighted by molar-refractivity contribution is 0.931. The minimum atomic E-state index is 0.221. The number of hydrogen-bond acceptors (Lipinski definition) is 5. The maximum atomic E-state index is 4.31. The number of thiol groups is 2. The zero-order valence-electron chi connectivity index (χ0n) is 7.54. The molecule has 13 heavy (non-hydrogen) atoms. The Morgan fingerprint density at radius 1 is 1.54 bits per heavy atom. The molecule has 74 valence electrons. The second-order valence-electron chi connectivity index (χ2n) is 2.23. The molecule has 1 unspecified atom stereocenters. The van der Waals surface area contributed by atoms with Crippen LogP contribution in [0.2, 0.25) is 0 Å². The summed E-state index contributed by atoms with van der Waals surface area (Å²) >= 11 is 8.09. The third-order valence-electron chi connectivity index (χ3n) is 1.17. The van der Waals surface area contributed by atoms with E-state index in [1.54, 1.807) is 5.41 Å². The van der Waals surface area contributed by atoms with Crippen molar-refractivity contribution in [2.75, 3.05) is 0 Å². The fraction of sp³-hybridized carbons (Fsp3) is 0.375. The summed E-state index contributed by atoms with van der Waals surface area (Å²) in [5, 5.41) is 1.72. The van der Waals surface area contributed by atoms with Gasteiger partial charge in [0, 0.05) is 11.1 Å². The molecule has 0 N–H and O–H groups in total. The zero-order chi connectivity index (χ0) is 10.1. The minimum absolute atomic E-state index is 0.221. The van der Waals surface area contributed by atoms with E-state index < -0.39 is 0 Å². The molecule has 0 fully saturated rings. The van der Waals surface area contributed by atoms with Crippen LogP contribution in [0.5, 0.6) is 0 Å². The van der Waals surface area contributed by atoms with E-state index in [1.807, 2.05) is 32.2 Å². The van der Waals surface area contributed by atoms with E-state index in [0.29, 0.717) is 0 Å². The zero-order valence-corrected chi connectivity index (χ0v) is 11.0. The molecule has 0 spiro atoms. The number of allylic oxidation sites excluding steroid dienone is 2. The molecule has 0 saturated heterocycles. The quantitative estimate of drug-likeness (QED) is 0.331. The van der Waals surface area contributed by atoms with Crippen LogP contribution in [0.4, 0.5) is 0 Å². The summed E-state index contributed by atoms with van der Waals surface area (Å²) in [6.45, 7) is 4.02. The van der Waals surface area contributed by atoms with Gasteiger partial charge in [0.1, 0.15) is 0 Å². The van der Waals surface area contributed by atoms with Crippen LogP contribution >= 0.6 is 44.9 Å². The predicted molar refractivity (Wildman–Crippen MR) is 74.0 cm³/mol. The molecule has 0 radical (unpaired) electrons. The van der Waals surface area contributed by atoms with Crippen molar-refractivity contribution in [2.24, 2.45) is 4.99 Å². The van der Waals surface area contributed by atoms with Crippen molar-refractivity contribution < 1.29 is 0 Å². The van der Waals surface area contributed by atoms with Gasteiger partial charge in [-0.3, -0.25) is 4.99 Å². The van der Waals surface area contributed by atoms with Crippen molar-refractivity contribution in [3.63, 3.8) is 0 Å². The lowest BCUT2D eigenvalue weighted by atomic mass is 10.3. The molecule has 0 aliphatic rings. The Hall–Kier alpha value is 0.550. The van der Waals surface area contributed by atoms with Gasteiger partial charge in [0.2, 0.25) is 0 Å². The second kappa shape index (κ2) is 9.12. The van der Waals surface area contributed by atoms with Crippen molar-refractivity contribution in [1.29, 1.82) is 0 Å². The molecule has 0 rings (SSSR count). The molecule has 1 atom stereocenters. The molecule has 0 amide bonds. The minimum Gasteiger partial charge on any atom is -0.285 e. The van der Waals surface area contributed by atoms with Crippen LogP contribution in [0.3, 0.4) is 0 Å². The summed E-state index contributed by atoms with van der Waals surface area (Å²) in [5.74, 6) is 0. The van der Waals surface area contributed by atoms with E-state index >= 15 is 0 Å². The molecule has 0 heterocycles. The second-order valence-corrected chi connectivity index (χ2v) is 5.57. The van der Waals surface area contributed by atoms with Crippen molar-refractivity contribution >= 4 is 51.1 Å². The molecular weight excluding hydrogens is 238 g/mol. The van der Waals surface area contributed by atoms with E-state index in [4.69, 9.17) is 0 Å². The van der Waals surface area contributed by atoms with Gasteiger partial charge < -0.3 is 0 Å². The molecule has 0 aliphatic heterocycles. The van der Waals surface area contributed by atoms with E-state index in [9.17, 15) is 0 Å². The molecular formula is C8H13NS4. The van der Waals surface area contributed by atoms with Gasteiger partial charge in [-0.2, -0.15) is 12.6 Å². The molecule has 0 saturated carbocycles. The maximum absolute atomic E-state index is 4.31. The van der Waals surface area contributed by atoms with Crippen LogP contribution in [0, 0.1) is 0 Å². The lowest BCUT2D eigenvalue weighted by Crippen LogP contribution is -1.92. The van der Waals surface area contributed by atoms with Crippen LogP contribution in [-0.2, 0) is 0 Å². The van der Waals surface area contributed by atoms with E-state index in [1.165, 1.54) is 20.6 Å². The van der Waals surface area contributed by atoms with Gasteiger partial charge in [0.15, 0.2) is 0 Å². The number of aliphatic imine (C=N–C) groups is 1. The summed E-state index contributed by atoms with van der Waals surface area (Å²) < 4.78 is 0. The van der Waals surface area contributed by atoms with Crippen molar-refractivity contribution in [3.8, 4) is 0 Å². The Balaban J connectivity index is 4.07. The molecule has 0 aromatic heterocycles. The first-order chi connectivity index (χ1) is 6.24. The van der Waals surface area contributed by atoms with Crippen LogP contribution in [0.15, 0.2) is 27.5 Å². The molecule has 0 bridgehead atoms. The Bertz CT molecular complexity index is 210. The van der Waals surface area contributed by atoms with Gasteiger partial charge in [0.05, 0.1) is 6.04 Å². The number of hydrogen-bond donors (Lipinski definition) is 2. The first-order valence-electron chi connectivity index (χ1n) is 3.73. The van der Waals surface area contributed by atoms with Crippen LogP contribution in [0.1, 0.15) is 13.8 Å². The van der Waals surface area contributed by atoms with Gasteiger partial charge in [-0.15, -0.1) is 0 Å². The largest absolute Gasteiger partial charge is 0.285 e. The van der Waals surface area contributed by atoms with E-state index in [0.717, 1.165) is 4.91 Å². The average molecular weight is 251 g/mol. The Labute approximate surface area is 98.2 Å². The Kier molecular flexibility index (Phi) is 9.50. The van der Waals surface area contributed by atoms with Gasteiger partial charge in [-0.05, 0) is 39.9 Å². The summed E-state index contributed by atoms with van der Waals surface area (Å²) in [5.41, 5.74) is 0. The predicted octanol–water partition coefficient (Wildman–Crippen LogP) is 4.02. The SMILES string of the molecule is C/C=C\C(C)/N=C\C(=C/S)SSS. The molecule has 5 heteroatoms. The average Bonchev–Trinajstić information content (AvgIpc) is 2.12. The standard InChI is InChI=1S/C8H13NS4/c1-3-4-7(2)9-5-8(6-10)12-13-11/h3-7,10-11H,1-2H3/b4-3-,8-6+,9-5-. The highest BCUT2D eigenvalue weighted by Gasteiger charge is 1.93. The van der Waals surface area contributed by atoms with E-state index in [-0.39, 0.29) is 6.04 Å². The summed E-state index contributed by atoms with van der Waals surface area (Å²) in [6, 6.07) is 0.221.